The average Bonchev–Trinajstić information content (AvgIpc) is 2.87. The zero-order chi connectivity index (χ0) is 18.6. The Kier molecular flexibility index (Phi) is 4.59. The molecule has 2 heterocycles. The van der Waals surface area contributed by atoms with Gasteiger partial charge in [-0.15, -0.1) is 0 Å². The molecule has 2 fully saturated rings. The average molecular weight is 375 g/mol. The Morgan fingerprint density at radius 2 is 1.46 bits per heavy atom. The summed E-state index contributed by atoms with van der Waals surface area (Å²) in [6, 6.07) is 0. The molecular weight excluding hydrogens is 361 g/mol. The first kappa shape index (κ1) is 19.6. The highest BCUT2D eigenvalue weighted by molar-refractivity contribution is 5.08. The van der Waals surface area contributed by atoms with Crippen molar-refractivity contribution in [2.24, 2.45) is 0 Å². The lowest BCUT2D eigenvalue weighted by Crippen LogP contribution is -2.68. The van der Waals surface area contributed by atoms with Crippen LogP contribution in [0.5, 0.6) is 0 Å². The summed E-state index contributed by atoms with van der Waals surface area (Å²) in [5.41, 5.74) is -7.38. The van der Waals surface area contributed by atoms with Crippen LogP contribution in [-0.2, 0) is 4.74 Å². The lowest BCUT2D eigenvalue weighted by molar-refractivity contribution is -0.463. The van der Waals surface area contributed by atoms with Gasteiger partial charge in [0.2, 0.25) is 0 Å². The largest absolute Gasteiger partial charge is 0.435 e. The van der Waals surface area contributed by atoms with E-state index in [-0.39, 0.29) is 13.0 Å². The summed E-state index contributed by atoms with van der Waals surface area (Å²) in [6.07, 6.45) is -21.9. The van der Waals surface area contributed by atoms with Crippen LogP contribution < -0.4 is 0 Å². The van der Waals surface area contributed by atoms with Gasteiger partial charge >= 0.3 is 24.1 Å². The number of nitrogens with zero attached hydrogens (tertiary/aromatic N) is 1. The van der Waals surface area contributed by atoms with Crippen LogP contribution in [0, 0.1) is 0 Å². The van der Waals surface area contributed by atoms with E-state index in [9.17, 15) is 44.6 Å². The van der Waals surface area contributed by atoms with Crippen LogP contribution in [0.4, 0.5) is 39.5 Å². The number of hydrogen-bond donors (Lipinski definition) is 1. The van der Waals surface area contributed by atoms with Crippen molar-refractivity contribution in [3.05, 3.63) is 0 Å². The van der Waals surface area contributed by atoms with Gasteiger partial charge in [-0.3, -0.25) is 4.90 Å². The molecule has 142 valence electrons. The van der Waals surface area contributed by atoms with Crippen molar-refractivity contribution in [1.82, 2.24) is 4.90 Å². The molecule has 0 radical (unpaired) electrons. The smallest absolute Gasteiger partial charge is 0.394 e. The third-order valence-electron chi connectivity index (χ3n) is 4.61. The lowest BCUT2D eigenvalue weighted by Gasteiger charge is -2.39. The first-order chi connectivity index (χ1) is 10.7. The maximum atomic E-state index is 12.9. The predicted octanol–water partition coefficient (Wildman–Crippen LogP) is 3.03. The molecule has 0 aliphatic carbocycles. The zero-order valence-electron chi connectivity index (χ0n) is 12.0. The van der Waals surface area contributed by atoms with Crippen LogP contribution in [0.2, 0.25) is 0 Å². The summed E-state index contributed by atoms with van der Waals surface area (Å²) in [6.45, 7) is -0.855. The SMILES string of the molecule is OCC12CCCN1CC(OC(C(F)(F)F)(C(F)(F)F)C(F)(F)F)C2. The summed E-state index contributed by atoms with van der Waals surface area (Å²) >= 11 is 0. The van der Waals surface area contributed by atoms with Gasteiger partial charge in [-0.2, -0.15) is 39.5 Å². The maximum Gasteiger partial charge on any atom is 0.435 e. The quantitative estimate of drug-likeness (QED) is 0.770. The molecule has 0 aromatic heterocycles. The van der Waals surface area contributed by atoms with Gasteiger partial charge in [0.1, 0.15) is 0 Å². The number of halogens is 9. The molecule has 3 nitrogen and oxygen atoms in total. The summed E-state index contributed by atoms with van der Waals surface area (Å²) in [4.78, 5) is 1.38. The fourth-order valence-electron chi connectivity index (χ4n) is 3.50. The van der Waals surface area contributed by atoms with Gasteiger partial charge in [0.25, 0.3) is 0 Å². The molecule has 0 amide bonds. The Labute approximate surface area is 130 Å². The van der Waals surface area contributed by atoms with Crippen molar-refractivity contribution in [2.75, 3.05) is 19.7 Å². The molecule has 24 heavy (non-hydrogen) atoms. The van der Waals surface area contributed by atoms with Crippen molar-refractivity contribution < 1.29 is 49.4 Å². The van der Waals surface area contributed by atoms with E-state index < -0.39 is 55.3 Å². The molecule has 12 heteroatoms. The van der Waals surface area contributed by atoms with Crippen LogP contribution in [0.1, 0.15) is 19.3 Å². The Bertz CT molecular complexity index is 437. The molecule has 0 bridgehead atoms. The molecule has 0 spiro atoms. The topological polar surface area (TPSA) is 32.7 Å². The van der Waals surface area contributed by atoms with Crippen molar-refractivity contribution in [1.29, 1.82) is 0 Å². The summed E-state index contributed by atoms with van der Waals surface area (Å²) in [5, 5.41) is 9.36. The number of aliphatic hydroxyl groups is 1. The molecule has 2 rings (SSSR count). The molecular formula is C12H14F9NO2. The van der Waals surface area contributed by atoms with E-state index in [2.05, 4.69) is 4.74 Å². The number of fused-ring (bicyclic) bond motifs is 1. The van der Waals surface area contributed by atoms with E-state index >= 15 is 0 Å². The first-order valence-electron chi connectivity index (χ1n) is 6.94. The van der Waals surface area contributed by atoms with Crippen LogP contribution >= 0.6 is 0 Å². The van der Waals surface area contributed by atoms with E-state index in [0.29, 0.717) is 6.42 Å². The third-order valence-corrected chi connectivity index (χ3v) is 4.61. The van der Waals surface area contributed by atoms with E-state index in [1.807, 2.05) is 0 Å². The van der Waals surface area contributed by atoms with Crippen LogP contribution in [0.3, 0.4) is 0 Å². The highest BCUT2D eigenvalue weighted by atomic mass is 19.4. The molecule has 2 saturated heterocycles. The third kappa shape index (κ3) is 2.75. The highest BCUT2D eigenvalue weighted by Gasteiger charge is 2.86. The van der Waals surface area contributed by atoms with Crippen LogP contribution in [0.15, 0.2) is 0 Å². The summed E-state index contributed by atoms with van der Waals surface area (Å²) < 4.78 is 119. The summed E-state index contributed by atoms with van der Waals surface area (Å²) in [7, 11) is 0. The molecule has 2 atom stereocenters. The minimum absolute atomic E-state index is 0.261. The molecule has 2 aliphatic rings. The molecule has 0 saturated carbocycles. The molecule has 2 aliphatic heterocycles. The van der Waals surface area contributed by atoms with E-state index in [0.717, 1.165) is 0 Å². The van der Waals surface area contributed by atoms with Crippen molar-refractivity contribution >= 4 is 0 Å². The fraction of sp³-hybridized carbons (Fsp3) is 1.00. The standard InChI is InChI=1S/C12H14F9NO2/c13-10(14,15)9(11(16,17)18,12(19,20)21)24-7-4-8(6-23)2-1-3-22(8)5-7/h7,23H,1-6H2. The Morgan fingerprint density at radius 1 is 0.958 bits per heavy atom. The Morgan fingerprint density at radius 3 is 1.83 bits per heavy atom. The number of alkyl halides is 9. The van der Waals surface area contributed by atoms with Crippen molar-refractivity contribution in [3.63, 3.8) is 0 Å². The number of ether oxygens (including phenoxy) is 1. The van der Waals surface area contributed by atoms with Gasteiger partial charge in [0.15, 0.2) is 0 Å². The Balaban J connectivity index is 2.38. The van der Waals surface area contributed by atoms with Gasteiger partial charge < -0.3 is 9.84 Å². The molecule has 0 aromatic rings. The summed E-state index contributed by atoms with van der Waals surface area (Å²) in [5.74, 6) is 0. The van der Waals surface area contributed by atoms with Gasteiger partial charge in [-0.05, 0) is 25.8 Å². The van der Waals surface area contributed by atoms with Gasteiger partial charge in [-0.25, -0.2) is 0 Å². The normalized spacial score (nSPS) is 30.0. The second-order valence-electron chi connectivity index (χ2n) is 6.05. The second kappa shape index (κ2) is 5.63. The number of rotatable bonds is 3. The van der Waals surface area contributed by atoms with Gasteiger partial charge in [0, 0.05) is 12.1 Å². The lowest BCUT2D eigenvalue weighted by atomic mass is 9.93. The number of aliphatic hydroxyl groups excluding tert-OH is 1. The van der Waals surface area contributed by atoms with E-state index in [4.69, 9.17) is 0 Å². The molecule has 0 aromatic carbocycles. The second-order valence-corrected chi connectivity index (χ2v) is 6.05. The molecule has 1 N–H and O–H groups in total. The first-order valence-corrected chi connectivity index (χ1v) is 6.94. The predicted molar refractivity (Wildman–Crippen MR) is 61.0 cm³/mol. The van der Waals surface area contributed by atoms with Crippen molar-refractivity contribution in [3.8, 4) is 0 Å². The van der Waals surface area contributed by atoms with Crippen molar-refractivity contribution in [2.45, 2.75) is 55.0 Å². The van der Waals surface area contributed by atoms with E-state index in [1.54, 1.807) is 0 Å². The Hall–Kier alpha value is -0.750. The van der Waals surface area contributed by atoms with E-state index in [1.165, 1.54) is 4.90 Å². The number of hydrogen-bond acceptors (Lipinski definition) is 3. The van der Waals surface area contributed by atoms with Crippen LogP contribution in [-0.4, -0.2) is 65.5 Å². The minimum atomic E-state index is -6.73. The van der Waals surface area contributed by atoms with Gasteiger partial charge in [-0.1, -0.05) is 0 Å². The highest BCUT2D eigenvalue weighted by Crippen LogP contribution is 2.56. The van der Waals surface area contributed by atoms with Crippen LogP contribution in [0.25, 0.3) is 0 Å². The minimum Gasteiger partial charge on any atom is -0.394 e. The maximum absolute atomic E-state index is 12.9. The molecule has 2 unspecified atom stereocenters. The zero-order valence-corrected chi connectivity index (χ0v) is 12.0. The fourth-order valence-corrected chi connectivity index (χ4v) is 3.50. The monoisotopic (exact) mass is 375 g/mol. The van der Waals surface area contributed by atoms with Gasteiger partial charge in [0.05, 0.1) is 12.7 Å².